The Kier molecular flexibility index (Phi) is 4.95. The van der Waals surface area contributed by atoms with E-state index >= 15 is 0 Å². The lowest BCUT2D eigenvalue weighted by molar-refractivity contribution is 0.100. The van der Waals surface area contributed by atoms with Crippen molar-refractivity contribution < 1.29 is 4.79 Å². The highest BCUT2D eigenvalue weighted by atomic mass is 32.2. The lowest BCUT2D eigenvalue weighted by Gasteiger charge is -2.19. The van der Waals surface area contributed by atoms with Crippen molar-refractivity contribution in [2.24, 2.45) is 4.99 Å². The van der Waals surface area contributed by atoms with Gasteiger partial charge in [-0.15, -0.1) is 0 Å². The van der Waals surface area contributed by atoms with Gasteiger partial charge in [0, 0.05) is 21.1 Å². The zero-order valence-corrected chi connectivity index (χ0v) is 16.3. The number of nitrogens with zero attached hydrogens (tertiary/aromatic N) is 1. The molecule has 0 saturated carbocycles. The van der Waals surface area contributed by atoms with Gasteiger partial charge >= 0.3 is 0 Å². The van der Waals surface area contributed by atoms with Crippen molar-refractivity contribution in [1.82, 2.24) is 0 Å². The molecule has 0 fully saturated rings. The molecule has 0 radical (unpaired) electrons. The third-order valence-corrected chi connectivity index (χ3v) is 6.19. The predicted octanol–water partition coefficient (Wildman–Crippen LogP) is 5.74. The van der Waals surface area contributed by atoms with Gasteiger partial charge in [0.1, 0.15) is 6.54 Å². The molecule has 2 nitrogen and oxygen atoms in total. The molecule has 1 aliphatic heterocycles. The summed E-state index contributed by atoms with van der Waals surface area (Å²) in [6.45, 7) is 4.13. The fourth-order valence-corrected chi connectivity index (χ4v) is 4.42. The van der Waals surface area contributed by atoms with Gasteiger partial charge in [-0.25, -0.2) is 0 Å². The van der Waals surface area contributed by atoms with Crippen LogP contribution in [0, 0.1) is 6.92 Å². The van der Waals surface area contributed by atoms with Crippen LogP contribution in [0.2, 0.25) is 0 Å². The van der Waals surface area contributed by atoms with E-state index in [2.05, 4.69) is 47.5 Å². The molecule has 0 spiro atoms. The summed E-state index contributed by atoms with van der Waals surface area (Å²) in [6, 6.07) is 22.7. The third-order valence-electron chi connectivity index (χ3n) is 4.96. The van der Waals surface area contributed by atoms with Crippen LogP contribution in [0.5, 0.6) is 0 Å². The monoisotopic (exact) mass is 371 g/mol. The van der Waals surface area contributed by atoms with E-state index in [4.69, 9.17) is 0 Å². The molecular weight excluding hydrogens is 350 g/mol. The van der Waals surface area contributed by atoms with Crippen LogP contribution in [0.4, 0.5) is 0 Å². The van der Waals surface area contributed by atoms with Crippen molar-refractivity contribution in [3.8, 4) is 0 Å². The summed E-state index contributed by atoms with van der Waals surface area (Å²) in [5.41, 5.74) is 6.45. The summed E-state index contributed by atoms with van der Waals surface area (Å²) in [7, 11) is 0. The first-order valence-corrected chi connectivity index (χ1v) is 9.92. The van der Waals surface area contributed by atoms with Crippen molar-refractivity contribution in [3.63, 3.8) is 0 Å². The fraction of sp³-hybridized carbons (Fsp3) is 0.167. The van der Waals surface area contributed by atoms with Crippen molar-refractivity contribution in [2.45, 2.75) is 30.1 Å². The minimum absolute atomic E-state index is 0.0647. The number of benzene rings is 3. The molecule has 0 unspecified atom stereocenters. The molecule has 3 heteroatoms. The normalized spacial score (nSPS) is 13.0. The molecule has 0 aliphatic carbocycles. The maximum atomic E-state index is 12.5. The first-order chi connectivity index (χ1) is 13.1. The quantitative estimate of drug-likeness (QED) is 0.338. The first-order valence-electron chi connectivity index (χ1n) is 9.11. The van der Waals surface area contributed by atoms with Crippen LogP contribution in [0.15, 0.2) is 81.5 Å². The highest BCUT2D eigenvalue weighted by Gasteiger charge is 2.16. The zero-order valence-electron chi connectivity index (χ0n) is 15.5. The second kappa shape index (κ2) is 7.53. The molecule has 134 valence electrons. The molecule has 1 heterocycles. The van der Waals surface area contributed by atoms with Crippen molar-refractivity contribution in [1.29, 1.82) is 0 Å². The molecule has 27 heavy (non-hydrogen) atoms. The molecular formula is C24H21NOS. The average molecular weight is 372 g/mol. The van der Waals surface area contributed by atoms with Crippen LogP contribution in [0.3, 0.4) is 0 Å². The Labute approximate surface area is 164 Å². The van der Waals surface area contributed by atoms with E-state index in [0.29, 0.717) is 0 Å². The lowest BCUT2D eigenvalue weighted by Crippen LogP contribution is -2.08. The van der Waals surface area contributed by atoms with Gasteiger partial charge in [0.2, 0.25) is 0 Å². The number of aliphatic imine (C=N–C) groups is 1. The molecule has 3 aromatic rings. The van der Waals surface area contributed by atoms with Gasteiger partial charge in [-0.3, -0.25) is 9.79 Å². The number of hydrogen-bond donors (Lipinski definition) is 0. The Hall–Kier alpha value is -2.65. The summed E-state index contributed by atoms with van der Waals surface area (Å²) in [6.07, 6.45) is 0.946. The lowest BCUT2D eigenvalue weighted by atomic mass is 10.0. The number of Topliss-reactive ketones (excluding diaryl/α,β-unsaturated/α-hetero) is 1. The van der Waals surface area contributed by atoms with Gasteiger partial charge in [-0.1, -0.05) is 60.3 Å². The van der Waals surface area contributed by atoms with Crippen LogP contribution in [-0.4, -0.2) is 18.0 Å². The van der Waals surface area contributed by atoms with Gasteiger partial charge in [0.25, 0.3) is 0 Å². The summed E-state index contributed by atoms with van der Waals surface area (Å²) in [5.74, 6) is 0.0647. The predicted molar refractivity (Wildman–Crippen MR) is 112 cm³/mol. The number of rotatable bonds is 4. The van der Waals surface area contributed by atoms with E-state index in [1.54, 1.807) is 0 Å². The highest BCUT2D eigenvalue weighted by Crippen LogP contribution is 2.39. The number of ketones is 1. The Morgan fingerprint density at radius 2 is 1.70 bits per heavy atom. The van der Waals surface area contributed by atoms with Crippen molar-refractivity contribution in [3.05, 3.63) is 94.5 Å². The summed E-state index contributed by atoms with van der Waals surface area (Å²) in [4.78, 5) is 19.7. The Bertz CT molecular complexity index is 1050. The molecule has 0 bridgehead atoms. The number of hydrogen-bond acceptors (Lipinski definition) is 3. The Balaban J connectivity index is 1.53. The summed E-state index contributed by atoms with van der Waals surface area (Å²) in [5, 5.41) is 0. The molecule has 0 amide bonds. The van der Waals surface area contributed by atoms with E-state index in [1.165, 1.54) is 20.9 Å². The maximum absolute atomic E-state index is 12.5. The van der Waals surface area contributed by atoms with Crippen LogP contribution >= 0.6 is 11.8 Å². The van der Waals surface area contributed by atoms with E-state index < -0.39 is 0 Å². The highest BCUT2D eigenvalue weighted by molar-refractivity contribution is 7.99. The van der Waals surface area contributed by atoms with Gasteiger partial charge in [-0.2, -0.15) is 0 Å². The summed E-state index contributed by atoms with van der Waals surface area (Å²) < 4.78 is 0. The third kappa shape index (κ3) is 3.74. The van der Waals surface area contributed by atoms with Crippen LogP contribution in [0.25, 0.3) is 0 Å². The van der Waals surface area contributed by atoms with E-state index in [-0.39, 0.29) is 12.3 Å². The summed E-state index contributed by atoms with van der Waals surface area (Å²) >= 11 is 1.83. The molecule has 0 aromatic heterocycles. The number of fused-ring (bicyclic) bond motifs is 2. The van der Waals surface area contributed by atoms with Gasteiger partial charge in [-0.05, 0) is 60.7 Å². The van der Waals surface area contributed by atoms with E-state index in [9.17, 15) is 4.79 Å². The molecule has 1 aliphatic rings. The SMILES string of the molecule is CC(=NCC(=O)c1ccccc1C)c1ccc2c(c1)Cc1ccccc1S2. The number of carbonyl (C=O) groups excluding carboxylic acids is 1. The van der Waals surface area contributed by atoms with Crippen LogP contribution in [-0.2, 0) is 6.42 Å². The van der Waals surface area contributed by atoms with Crippen molar-refractivity contribution >= 4 is 23.3 Å². The second-order valence-corrected chi connectivity index (χ2v) is 7.93. The molecule has 0 saturated heterocycles. The molecule has 0 atom stereocenters. The zero-order chi connectivity index (χ0) is 18.8. The minimum atomic E-state index is 0.0647. The standard InChI is InChI=1S/C24H21NOS/c1-16-7-3-5-9-21(16)22(26)15-25-17(2)18-11-12-24-20(13-18)14-19-8-4-6-10-23(19)27-24/h3-13H,14-15H2,1-2H3. The van der Waals surface area contributed by atoms with Gasteiger partial charge in [0.05, 0.1) is 0 Å². The van der Waals surface area contributed by atoms with Gasteiger partial charge < -0.3 is 0 Å². The first kappa shape index (κ1) is 17.7. The largest absolute Gasteiger partial charge is 0.292 e. The molecule has 0 N–H and O–H groups in total. The maximum Gasteiger partial charge on any atom is 0.184 e. The average Bonchev–Trinajstić information content (AvgIpc) is 2.70. The fourth-order valence-electron chi connectivity index (χ4n) is 3.37. The smallest absolute Gasteiger partial charge is 0.184 e. The Morgan fingerprint density at radius 1 is 0.963 bits per heavy atom. The van der Waals surface area contributed by atoms with E-state index in [0.717, 1.165) is 28.8 Å². The van der Waals surface area contributed by atoms with Crippen LogP contribution in [0.1, 0.15) is 39.5 Å². The number of aryl methyl sites for hydroxylation is 1. The van der Waals surface area contributed by atoms with Crippen LogP contribution < -0.4 is 0 Å². The Morgan fingerprint density at radius 3 is 2.56 bits per heavy atom. The second-order valence-electron chi connectivity index (χ2n) is 6.85. The van der Waals surface area contributed by atoms with E-state index in [1.807, 2.05) is 49.9 Å². The molecule has 3 aromatic carbocycles. The van der Waals surface area contributed by atoms with Gasteiger partial charge in [0.15, 0.2) is 5.78 Å². The van der Waals surface area contributed by atoms with Crippen molar-refractivity contribution in [2.75, 3.05) is 6.54 Å². The topological polar surface area (TPSA) is 29.4 Å². The minimum Gasteiger partial charge on any atom is -0.292 e. The number of carbonyl (C=O) groups is 1. The molecule has 4 rings (SSSR count).